The van der Waals surface area contributed by atoms with E-state index in [9.17, 15) is 26.7 Å². The number of rotatable bonds is 5. The number of hydrogen-bond donors (Lipinski definition) is 0. The van der Waals surface area contributed by atoms with E-state index in [1.54, 1.807) is 26.8 Å². The normalized spacial score (nSPS) is 12.4. The zero-order chi connectivity index (χ0) is 22.7. The summed E-state index contributed by atoms with van der Waals surface area (Å²) in [6, 6.07) is 3.16. The highest BCUT2D eigenvalue weighted by molar-refractivity contribution is 5.70. The molecule has 2 aromatic heterocycles. The highest BCUT2D eigenvalue weighted by Gasteiger charge is 2.58. The highest BCUT2D eigenvalue weighted by Crippen LogP contribution is 2.43. The Morgan fingerprint density at radius 2 is 1.63 bits per heavy atom. The molecule has 0 bridgehead atoms. The average Bonchev–Trinajstić information content (AvgIpc) is 2.64. The lowest BCUT2D eigenvalue weighted by atomic mass is 10.1. The van der Waals surface area contributed by atoms with Crippen LogP contribution < -0.4 is 5.01 Å². The van der Waals surface area contributed by atoms with Gasteiger partial charge in [-0.3, -0.25) is 4.98 Å². The quantitative estimate of drug-likeness (QED) is 0.517. The molecule has 0 saturated carbocycles. The van der Waals surface area contributed by atoms with Crippen LogP contribution in [0, 0.1) is 0 Å². The van der Waals surface area contributed by atoms with Crippen LogP contribution in [0.1, 0.15) is 32.0 Å². The van der Waals surface area contributed by atoms with Gasteiger partial charge in [-0.2, -0.15) is 22.0 Å². The van der Waals surface area contributed by atoms with E-state index >= 15 is 0 Å². The van der Waals surface area contributed by atoms with E-state index in [1.807, 2.05) is 0 Å². The lowest BCUT2D eigenvalue weighted by Gasteiger charge is -2.33. The molecule has 0 radical (unpaired) electrons. The lowest BCUT2D eigenvalue weighted by Crippen LogP contribution is -2.47. The molecule has 2 heterocycles. The summed E-state index contributed by atoms with van der Waals surface area (Å²) in [5.74, 6) is -4.92. The van der Waals surface area contributed by atoms with E-state index in [4.69, 9.17) is 4.74 Å². The molecule has 0 N–H and O–H groups in total. The molecule has 0 spiro atoms. The molecule has 0 aliphatic rings. The van der Waals surface area contributed by atoms with Gasteiger partial charge in [-0.1, -0.05) is 0 Å². The van der Waals surface area contributed by atoms with Crippen molar-refractivity contribution in [2.24, 2.45) is 0 Å². The fraction of sp³-hybridized carbons (Fsp3) is 0.444. The van der Waals surface area contributed by atoms with Crippen LogP contribution in [-0.2, 0) is 17.2 Å². The second-order valence-corrected chi connectivity index (χ2v) is 7.22. The Balaban J connectivity index is 2.31. The minimum atomic E-state index is -5.75. The van der Waals surface area contributed by atoms with Gasteiger partial charge in [0.1, 0.15) is 5.60 Å². The molecule has 0 aliphatic carbocycles. The fourth-order valence-electron chi connectivity index (χ4n) is 2.19. The SMILES string of the molecule is CN(c1ncccn1)N(Cc1ccc(C(F)(F)C(F)(F)F)cn1)C(=O)OC(C)(C)C. The number of carbonyl (C=O) groups excluding carboxylic acids is 1. The zero-order valence-corrected chi connectivity index (χ0v) is 16.6. The van der Waals surface area contributed by atoms with Gasteiger partial charge in [-0.05, 0) is 39.0 Å². The van der Waals surface area contributed by atoms with Gasteiger partial charge in [-0.15, -0.1) is 0 Å². The summed E-state index contributed by atoms with van der Waals surface area (Å²) in [5.41, 5.74) is -2.10. The minimum absolute atomic E-state index is 0.0466. The van der Waals surface area contributed by atoms with E-state index in [2.05, 4.69) is 15.0 Å². The molecule has 0 aromatic carbocycles. The van der Waals surface area contributed by atoms with Gasteiger partial charge in [0, 0.05) is 31.2 Å². The van der Waals surface area contributed by atoms with E-state index in [0.29, 0.717) is 12.3 Å². The molecular weight excluding hydrogens is 413 g/mol. The molecule has 7 nitrogen and oxygen atoms in total. The molecule has 0 atom stereocenters. The summed E-state index contributed by atoms with van der Waals surface area (Å²) in [6.45, 7) is 4.65. The lowest BCUT2D eigenvalue weighted by molar-refractivity contribution is -0.289. The first-order valence-electron chi connectivity index (χ1n) is 8.63. The van der Waals surface area contributed by atoms with Crippen LogP contribution in [0.15, 0.2) is 36.8 Å². The maximum Gasteiger partial charge on any atom is 0.458 e. The number of halogens is 5. The predicted molar refractivity (Wildman–Crippen MR) is 96.4 cm³/mol. The highest BCUT2D eigenvalue weighted by atomic mass is 19.4. The van der Waals surface area contributed by atoms with Crippen molar-refractivity contribution in [2.75, 3.05) is 12.1 Å². The smallest absolute Gasteiger partial charge is 0.442 e. The van der Waals surface area contributed by atoms with E-state index in [-0.39, 0.29) is 18.2 Å². The van der Waals surface area contributed by atoms with Crippen molar-refractivity contribution in [2.45, 2.75) is 45.0 Å². The van der Waals surface area contributed by atoms with Crippen LogP contribution in [-0.4, -0.2) is 44.9 Å². The molecule has 2 aromatic rings. The number of pyridine rings is 1. The van der Waals surface area contributed by atoms with Gasteiger partial charge >= 0.3 is 18.2 Å². The second-order valence-electron chi connectivity index (χ2n) is 7.22. The van der Waals surface area contributed by atoms with Crippen molar-refractivity contribution in [1.29, 1.82) is 0 Å². The molecule has 0 aliphatic heterocycles. The molecule has 12 heteroatoms. The van der Waals surface area contributed by atoms with Crippen LogP contribution >= 0.6 is 0 Å². The molecule has 1 amide bonds. The minimum Gasteiger partial charge on any atom is -0.442 e. The number of nitrogens with zero attached hydrogens (tertiary/aromatic N) is 5. The number of carbonyl (C=O) groups is 1. The monoisotopic (exact) mass is 433 g/mol. The van der Waals surface area contributed by atoms with Crippen molar-refractivity contribution in [1.82, 2.24) is 20.0 Å². The van der Waals surface area contributed by atoms with Crippen molar-refractivity contribution in [3.05, 3.63) is 48.0 Å². The number of aromatic nitrogens is 3. The number of amides is 1. The topological polar surface area (TPSA) is 71.5 Å². The summed E-state index contributed by atoms with van der Waals surface area (Å²) in [4.78, 5) is 24.3. The van der Waals surface area contributed by atoms with Gasteiger partial charge in [-0.25, -0.2) is 24.8 Å². The Kier molecular flexibility index (Phi) is 6.48. The van der Waals surface area contributed by atoms with Crippen LogP contribution in [0.2, 0.25) is 0 Å². The van der Waals surface area contributed by atoms with Crippen LogP contribution in [0.25, 0.3) is 0 Å². The second kappa shape index (κ2) is 8.36. The summed E-state index contributed by atoms with van der Waals surface area (Å²) < 4.78 is 69.8. The van der Waals surface area contributed by atoms with Gasteiger partial charge < -0.3 is 4.74 Å². The Hall–Kier alpha value is -3.05. The molecule has 0 saturated heterocycles. The van der Waals surface area contributed by atoms with Crippen molar-refractivity contribution in [3.8, 4) is 0 Å². The fourth-order valence-corrected chi connectivity index (χ4v) is 2.19. The van der Waals surface area contributed by atoms with Crippen molar-refractivity contribution in [3.63, 3.8) is 0 Å². The van der Waals surface area contributed by atoms with E-state index in [0.717, 1.165) is 11.1 Å². The van der Waals surface area contributed by atoms with E-state index in [1.165, 1.54) is 24.5 Å². The molecule has 0 unspecified atom stereocenters. The predicted octanol–water partition coefficient (Wildman–Crippen LogP) is 4.31. The molecule has 2 rings (SSSR count). The Morgan fingerprint density at radius 3 is 2.10 bits per heavy atom. The first-order valence-corrected chi connectivity index (χ1v) is 8.63. The van der Waals surface area contributed by atoms with Gasteiger partial charge in [0.2, 0.25) is 5.95 Å². The summed E-state index contributed by atoms with van der Waals surface area (Å²) in [5, 5.41) is 2.30. The number of hydrazine groups is 1. The Labute approximate surface area is 169 Å². The van der Waals surface area contributed by atoms with Crippen molar-refractivity contribution < 1.29 is 31.5 Å². The third kappa shape index (κ3) is 5.51. The average molecular weight is 433 g/mol. The molecular formula is C18H20F5N5O2. The first kappa shape index (κ1) is 23.2. The number of anilines is 1. The summed E-state index contributed by atoms with van der Waals surface area (Å²) >= 11 is 0. The third-order valence-electron chi connectivity index (χ3n) is 3.66. The number of hydrogen-bond acceptors (Lipinski definition) is 6. The van der Waals surface area contributed by atoms with Crippen LogP contribution in [0.4, 0.5) is 32.7 Å². The van der Waals surface area contributed by atoms with Gasteiger partial charge in [0.15, 0.2) is 0 Å². The van der Waals surface area contributed by atoms with Gasteiger partial charge in [0.05, 0.1) is 12.2 Å². The largest absolute Gasteiger partial charge is 0.458 e. The number of ether oxygens (including phenoxy) is 1. The van der Waals surface area contributed by atoms with Crippen LogP contribution in [0.3, 0.4) is 0 Å². The Morgan fingerprint density at radius 1 is 1.03 bits per heavy atom. The summed E-state index contributed by atoms with van der Waals surface area (Å²) in [6.07, 6.45) is -3.25. The standard InChI is InChI=1S/C18H20F5N5O2/c1-16(2,3)30-15(29)28(27(4)14-24-8-5-9-25-14)11-13-7-6-12(10-26-13)17(19,20)18(21,22)23/h5-10H,11H2,1-4H3. The van der Waals surface area contributed by atoms with Gasteiger partial charge in [0.25, 0.3) is 0 Å². The first-order chi connectivity index (χ1) is 13.7. The molecule has 30 heavy (non-hydrogen) atoms. The Bertz CT molecular complexity index is 854. The molecule has 0 fully saturated rings. The third-order valence-corrected chi connectivity index (χ3v) is 3.66. The van der Waals surface area contributed by atoms with Crippen LogP contribution in [0.5, 0.6) is 0 Å². The maximum atomic E-state index is 13.4. The zero-order valence-electron chi connectivity index (χ0n) is 16.6. The maximum absolute atomic E-state index is 13.4. The molecule has 164 valence electrons. The summed E-state index contributed by atoms with van der Waals surface area (Å²) in [7, 11) is 1.46. The number of alkyl halides is 5. The van der Waals surface area contributed by atoms with E-state index < -0.39 is 29.4 Å². The van der Waals surface area contributed by atoms with Crippen molar-refractivity contribution >= 4 is 12.0 Å².